The van der Waals surface area contributed by atoms with E-state index in [1.807, 2.05) is 0 Å². The van der Waals surface area contributed by atoms with E-state index in [0.717, 1.165) is 12.6 Å². The van der Waals surface area contributed by atoms with Crippen LogP contribution in [0.15, 0.2) is 0 Å². The summed E-state index contributed by atoms with van der Waals surface area (Å²) >= 11 is 0. The molecule has 1 rings (SSSR count). The van der Waals surface area contributed by atoms with Gasteiger partial charge in [0.2, 0.25) is 0 Å². The van der Waals surface area contributed by atoms with Crippen molar-refractivity contribution in [3.05, 3.63) is 0 Å². The standard InChI is InChI=1S/C15H32N2/c1-14(10-11-16-15(2,3)4)17-12-8-6-5-7-9-13-17/h14,16H,5-13H2,1-4H3. The Hall–Kier alpha value is -0.0800. The number of hydrogen-bond donors (Lipinski definition) is 1. The molecule has 2 heteroatoms. The lowest BCUT2D eigenvalue weighted by atomic mass is 10.1. The molecule has 0 aromatic heterocycles. The summed E-state index contributed by atoms with van der Waals surface area (Å²) in [6.07, 6.45) is 8.39. The Kier molecular flexibility index (Phi) is 6.50. The quantitative estimate of drug-likeness (QED) is 0.810. The molecule has 1 fully saturated rings. The molecule has 102 valence electrons. The molecule has 1 N–H and O–H groups in total. The Morgan fingerprint density at radius 1 is 1.00 bits per heavy atom. The molecule has 0 aromatic rings. The van der Waals surface area contributed by atoms with Crippen molar-refractivity contribution in [2.24, 2.45) is 0 Å². The molecular formula is C15H32N2. The summed E-state index contributed by atoms with van der Waals surface area (Å²) in [6, 6.07) is 0.739. The lowest BCUT2D eigenvalue weighted by Crippen LogP contribution is -2.41. The van der Waals surface area contributed by atoms with Crippen LogP contribution < -0.4 is 5.32 Å². The minimum absolute atomic E-state index is 0.260. The average Bonchev–Trinajstić information content (AvgIpc) is 2.14. The molecule has 0 aliphatic carbocycles. The molecule has 1 saturated heterocycles. The van der Waals surface area contributed by atoms with Crippen molar-refractivity contribution in [3.8, 4) is 0 Å². The van der Waals surface area contributed by atoms with E-state index in [1.54, 1.807) is 0 Å². The molecule has 1 unspecified atom stereocenters. The number of nitrogens with zero attached hydrogens (tertiary/aromatic N) is 1. The predicted molar refractivity (Wildman–Crippen MR) is 76.5 cm³/mol. The summed E-state index contributed by atoms with van der Waals surface area (Å²) in [6.45, 7) is 12.9. The van der Waals surface area contributed by atoms with Gasteiger partial charge in [0, 0.05) is 11.6 Å². The van der Waals surface area contributed by atoms with Crippen LogP contribution in [0.4, 0.5) is 0 Å². The van der Waals surface area contributed by atoms with E-state index < -0.39 is 0 Å². The molecule has 0 bridgehead atoms. The Labute approximate surface area is 108 Å². The Morgan fingerprint density at radius 2 is 1.53 bits per heavy atom. The third-order valence-corrected chi connectivity index (χ3v) is 3.73. The molecule has 0 aromatic carbocycles. The zero-order valence-electron chi connectivity index (χ0n) is 12.4. The van der Waals surface area contributed by atoms with Gasteiger partial charge in [0.15, 0.2) is 0 Å². The summed E-state index contributed by atoms with van der Waals surface area (Å²) in [7, 11) is 0. The highest BCUT2D eigenvalue weighted by molar-refractivity contribution is 4.74. The Bertz CT molecular complexity index is 188. The number of rotatable bonds is 4. The maximum absolute atomic E-state index is 3.59. The summed E-state index contributed by atoms with van der Waals surface area (Å²) in [5.41, 5.74) is 0.260. The van der Waals surface area contributed by atoms with Gasteiger partial charge in [-0.25, -0.2) is 0 Å². The van der Waals surface area contributed by atoms with Crippen LogP contribution in [0.2, 0.25) is 0 Å². The smallest absolute Gasteiger partial charge is 0.00965 e. The van der Waals surface area contributed by atoms with E-state index in [9.17, 15) is 0 Å². The highest BCUT2D eigenvalue weighted by Gasteiger charge is 2.15. The maximum atomic E-state index is 3.59. The number of likely N-dealkylation sites (tertiary alicyclic amines) is 1. The molecule has 1 aliphatic rings. The largest absolute Gasteiger partial charge is 0.312 e. The molecule has 1 aliphatic heterocycles. The van der Waals surface area contributed by atoms with Gasteiger partial charge in [0.1, 0.15) is 0 Å². The highest BCUT2D eigenvalue weighted by Crippen LogP contribution is 2.14. The van der Waals surface area contributed by atoms with Crippen LogP contribution in [-0.4, -0.2) is 36.1 Å². The second-order valence-electron chi connectivity index (χ2n) is 6.62. The van der Waals surface area contributed by atoms with Crippen LogP contribution in [0, 0.1) is 0 Å². The maximum Gasteiger partial charge on any atom is 0.00965 e. The monoisotopic (exact) mass is 240 g/mol. The zero-order chi connectivity index (χ0) is 12.7. The van der Waals surface area contributed by atoms with Crippen molar-refractivity contribution >= 4 is 0 Å². The molecule has 2 nitrogen and oxygen atoms in total. The molecular weight excluding hydrogens is 208 g/mol. The zero-order valence-corrected chi connectivity index (χ0v) is 12.4. The molecule has 1 atom stereocenters. The Balaban J connectivity index is 2.22. The van der Waals surface area contributed by atoms with E-state index in [-0.39, 0.29) is 5.54 Å². The fourth-order valence-corrected chi connectivity index (χ4v) is 2.55. The van der Waals surface area contributed by atoms with Gasteiger partial charge in [0.25, 0.3) is 0 Å². The van der Waals surface area contributed by atoms with Gasteiger partial charge in [-0.3, -0.25) is 0 Å². The third kappa shape index (κ3) is 7.05. The minimum Gasteiger partial charge on any atom is -0.312 e. The van der Waals surface area contributed by atoms with Gasteiger partial charge in [-0.1, -0.05) is 19.3 Å². The van der Waals surface area contributed by atoms with Gasteiger partial charge in [-0.15, -0.1) is 0 Å². The van der Waals surface area contributed by atoms with Gasteiger partial charge in [-0.2, -0.15) is 0 Å². The average molecular weight is 240 g/mol. The lowest BCUT2D eigenvalue weighted by molar-refractivity contribution is 0.179. The number of hydrogen-bond acceptors (Lipinski definition) is 2. The van der Waals surface area contributed by atoms with Crippen molar-refractivity contribution in [1.29, 1.82) is 0 Å². The Morgan fingerprint density at radius 3 is 2.06 bits per heavy atom. The van der Waals surface area contributed by atoms with E-state index in [2.05, 4.69) is 37.9 Å². The molecule has 0 radical (unpaired) electrons. The predicted octanol–water partition coefficient (Wildman–Crippen LogP) is 3.42. The van der Waals surface area contributed by atoms with Crippen molar-refractivity contribution in [1.82, 2.24) is 10.2 Å². The van der Waals surface area contributed by atoms with Gasteiger partial charge in [0.05, 0.1) is 0 Å². The molecule has 0 spiro atoms. The second-order valence-corrected chi connectivity index (χ2v) is 6.62. The van der Waals surface area contributed by atoms with E-state index >= 15 is 0 Å². The number of nitrogens with one attached hydrogen (secondary N) is 1. The highest BCUT2D eigenvalue weighted by atomic mass is 15.1. The SMILES string of the molecule is CC(CCNC(C)(C)C)N1CCCCCCC1. The van der Waals surface area contributed by atoms with Crippen LogP contribution >= 0.6 is 0 Å². The fraction of sp³-hybridized carbons (Fsp3) is 1.00. The molecule has 0 amide bonds. The van der Waals surface area contributed by atoms with Crippen LogP contribution in [-0.2, 0) is 0 Å². The summed E-state index contributed by atoms with van der Waals surface area (Å²) in [5.74, 6) is 0. The minimum atomic E-state index is 0.260. The van der Waals surface area contributed by atoms with Crippen LogP contribution in [0.3, 0.4) is 0 Å². The van der Waals surface area contributed by atoms with Crippen molar-refractivity contribution < 1.29 is 0 Å². The second kappa shape index (κ2) is 7.38. The van der Waals surface area contributed by atoms with E-state index in [4.69, 9.17) is 0 Å². The summed E-state index contributed by atoms with van der Waals surface area (Å²) < 4.78 is 0. The van der Waals surface area contributed by atoms with Crippen LogP contribution in [0.1, 0.15) is 66.2 Å². The van der Waals surface area contributed by atoms with Gasteiger partial charge in [-0.05, 0) is 66.6 Å². The van der Waals surface area contributed by atoms with Crippen LogP contribution in [0.5, 0.6) is 0 Å². The van der Waals surface area contributed by atoms with Gasteiger partial charge < -0.3 is 10.2 Å². The lowest BCUT2D eigenvalue weighted by Gasteiger charge is -2.31. The van der Waals surface area contributed by atoms with E-state index in [0.29, 0.717) is 0 Å². The van der Waals surface area contributed by atoms with E-state index in [1.165, 1.54) is 51.6 Å². The first-order valence-electron chi connectivity index (χ1n) is 7.48. The third-order valence-electron chi connectivity index (χ3n) is 3.73. The topological polar surface area (TPSA) is 15.3 Å². The summed E-state index contributed by atoms with van der Waals surface area (Å²) in [5, 5.41) is 3.59. The first-order valence-corrected chi connectivity index (χ1v) is 7.48. The van der Waals surface area contributed by atoms with Crippen LogP contribution in [0.25, 0.3) is 0 Å². The van der Waals surface area contributed by atoms with Crippen molar-refractivity contribution in [2.45, 2.75) is 77.8 Å². The van der Waals surface area contributed by atoms with Gasteiger partial charge >= 0.3 is 0 Å². The first kappa shape index (κ1) is 15.0. The molecule has 17 heavy (non-hydrogen) atoms. The molecule has 1 heterocycles. The normalized spacial score (nSPS) is 21.9. The fourth-order valence-electron chi connectivity index (χ4n) is 2.55. The first-order chi connectivity index (χ1) is 7.99. The van der Waals surface area contributed by atoms with Crippen molar-refractivity contribution in [3.63, 3.8) is 0 Å². The summed E-state index contributed by atoms with van der Waals surface area (Å²) in [4.78, 5) is 2.70. The molecule has 0 saturated carbocycles. The van der Waals surface area contributed by atoms with Crippen molar-refractivity contribution in [2.75, 3.05) is 19.6 Å².